The number of hydrogen-bond acceptors (Lipinski definition) is 0. The van der Waals surface area contributed by atoms with Crippen LogP contribution in [0.1, 0.15) is 95.6 Å². The minimum absolute atomic E-state index is 0.764. The van der Waals surface area contributed by atoms with E-state index in [2.05, 4.69) is 57.2 Å². The van der Waals surface area contributed by atoms with Crippen molar-refractivity contribution >= 4 is 6.08 Å². The van der Waals surface area contributed by atoms with Crippen LogP contribution in [-0.4, -0.2) is 0 Å². The van der Waals surface area contributed by atoms with Gasteiger partial charge in [-0.15, -0.1) is 0 Å². The smallest absolute Gasteiger partial charge is 0.0162 e. The molecule has 0 nitrogen and oxygen atoms in total. The minimum atomic E-state index is 0.764. The van der Waals surface area contributed by atoms with Crippen molar-refractivity contribution in [3.8, 4) is 0 Å². The van der Waals surface area contributed by atoms with Gasteiger partial charge in [-0.3, -0.25) is 0 Å². The average molecular weight is 287 g/mol. The second-order valence-electron chi connectivity index (χ2n) is 6.19. The normalized spacial score (nSPS) is 12.9. The maximum Gasteiger partial charge on any atom is -0.0162 e. The molecule has 0 radical (unpaired) electrons. The monoisotopic (exact) mass is 286 g/mol. The average Bonchev–Trinajstić information content (AvgIpc) is 2.52. The van der Waals surface area contributed by atoms with Gasteiger partial charge in [0, 0.05) is 0 Å². The number of benzene rings is 1. The second kappa shape index (κ2) is 11.6. The van der Waals surface area contributed by atoms with Crippen molar-refractivity contribution < 1.29 is 0 Å². The highest BCUT2D eigenvalue weighted by Crippen LogP contribution is 2.27. The summed E-state index contributed by atoms with van der Waals surface area (Å²) in [5.74, 6) is 0.764. The largest absolute Gasteiger partial charge is 0.0839 e. The molecule has 118 valence electrons. The SMILES string of the molecule is CCCCC=Cc1ccc(C(CCC)CCCCC)cc1. The lowest BCUT2D eigenvalue weighted by Gasteiger charge is -2.16. The molecule has 1 atom stereocenters. The summed E-state index contributed by atoms with van der Waals surface area (Å²) in [6.07, 6.45) is 16.4. The summed E-state index contributed by atoms with van der Waals surface area (Å²) < 4.78 is 0. The first-order chi connectivity index (χ1) is 10.3. The fraction of sp³-hybridized carbons (Fsp3) is 0.619. The van der Waals surface area contributed by atoms with Crippen molar-refractivity contribution in [1.29, 1.82) is 0 Å². The Hall–Kier alpha value is -1.04. The van der Waals surface area contributed by atoms with E-state index < -0.39 is 0 Å². The Bertz CT molecular complexity index is 372. The Labute approximate surface area is 132 Å². The summed E-state index contributed by atoms with van der Waals surface area (Å²) in [6.45, 7) is 6.83. The molecule has 0 aliphatic carbocycles. The molecule has 21 heavy (non-hydrogen) atoms. The lowest BCUT2D eigenvalue weighted by molar-refractivity contribution is 0.529. The van der Waals surface area contributed by atoms with Gasteiger partial charge in [0.15, 0.2) is 0 Å². The summed E-state index contributed by atoms with van der Waals surface area (Å²) in [7, 11) is 0. The van der Waals surface area contributed by atoms with Crippen molar-refractivity contribution in [2.24, 2.45) is 0 Å². The Morgan fingerprint density at radius 2 is 1.52 bits per heavy atom. The van der Waals surface area contributed by atoms with Gasteiger partial charge in [-0.2, -0.15) is 0 Å². The number of unbranched alkanes of at least 4 members (excludes halogenated alkanes) is 4. The molecular weight excluding hydrogens is 252 g/mol. The fourth-order valence-electron chi connectivity index (χ4n) is 2.89. The molecule has 0 aliphatic heterocycles. The molecule has 1 aromatic rings. The zero-order valence-electron chi connectivity index (χ0n) is 14.4. The second-order valence-corrected chi connectivity index (χ2v) is 6.19. The molecule has 0 fully saturated rings. The first-order valence-electron chi connectivity index (χ1n) is 9.08. The summed E-state index contributed by atoms with van der Waals surface area (Å²) in [6, 6.07) is 9.29. The lowest BCUT2D eigenvalue weighted by atomic mass is 9.89. The topological polar surface area (TPSA) is 0 Å². The van der Waals surface area contributed by atoms with Crippen LogP contribution in [0.15, 0.2) is 30.3 Å². The van der Waals surface area contributed by atoms with Gasteiger partial charge in [0.25, 0.3) is 0 Å². The molecule has 1 unspecified atom stereocenters. The number of hydrogen-bond donors (Lipinski definition) is 0. The van der Waals surface area contributed by atoms with Crippen LogP contribution in [-0.2, 0) is 0 Å². The number of allylic oxidation sites excluding steroid dienone is 1. The third kappa shape index (κ3) is 7.50. The molecule has 0 bridgehead atoms. The zero-order valence-corrected chi connectivity index (χ0v) is 14.4. The van der Waals surface area contributed by atoms with E-state index in [0.717, 1.165) is 5.92 Å². The van der Waals surface area contributed by atoms with Gasteiger partial charge in [0.05, 0.1) is 0 Å². The van der Waals surface area contributed by atoms with Crippen molar-refractivity contribution in [2.45, 2.75) is 84.5 Å². The molecule has 1 aromatic carbocycles. The van der Waals surface area contributed by atoms with Gasteiger partial charge in [-0.05, 0) is 36.3 Å². The first kappa shape index (κ1) is 18.0. The molecule has 0 aromatic heterocycles. The molecule has 0 saturated carbocycles. The van der Waals surface area contributed by atoms with E-state index in [1.54, 1.807) is 5.56 Å². The highest BCUT2D eigenvalue weighted by Gasteiger charge is 2.09. The number of rotatable bonds is 11. The van der Waals surface area contributed by atoms with Gasteiger partial charge in [0.1, 0.15) is 0 Å². The van der Waals surface area contributed by atoms with E-state index >= 15 is 0 Å². The third-order valence-electron chi connectivity index (χ3n) is 4.24. The van der Waals surface area contributed by atoms with E-state index in [0.29, 0.717) is 0 Å². The lowest BCUT2D eigenvalue weighted by Crippen LogP contribution is -1.99. The van der Waals surface area contributed by atoms with Crippen LogP contribution in [0, 0.1) is 0 Å². The highest BCUT2D eigenvalue weighted by atomic mass is 14.1. The van der Waals surface area contributed by atoms with Crippen LogP contribution < -0.4 is 0 Å². The maximum atomic E-state index is 2.35. The zero-order chi connectivity index (χ0) is 15.3. The van der Waals surface area contributed by atoms with Crippen LogP contribution in [0.25, 0.3) is 6.08 Å². The summed E-state index contributed by atoms with van der Waals surface area (Å²) in [4.78, 5) is 0. The quantitative estimate of drug-likeness (QED) is 0.373. The van der Waals surface area contributed by atoms with E-state index in [-0.39, 0.29) is 0 Å². The molecule has 0 heterocycles. The Balaban J connectivity index is 2.57. The molecule has 0 spiro atoms. The van der Waals surface area contributed by atoms with Gasteiger partial charge in [-0.25, -0.2) is 0 Å². The van der Waals surface area contributed by atoms with Crippen molar-refractivity contribution in [2.75, 3.05) is 0 Å². The van der Waals surface area contributed by atoms with Gasteiger partial charge in [0.2, 0.25) is 0 Å². The first-order valence-corrected chi connectivity index (χ1v) is 9.08. The van der Waals surface area contributed by atoms with Crippen LogP contribution in [0.5, 0.6) is 0 Å². The van der Waals surface area contributed by atoms with Crippen LogP contribution in [0.4, 0.5) is 0 Å². The van der Waals surface area contributed by atoms with E-state index in [1.807, 2.05) is 0 Å². The van der Waals surface area contributed by atoms with Crippen molar-refractivity contribution in [3.05, 3.63) is 41.5 Å². The van der Waals surface area contributed by atoms with E-state index in [4.69, 9.17) is 0 Å². The summed E-state index contributed by atoms with van der Waals surface area (Å²) in [5, 5.41) is 0. The standard InChI is InChI=1S/C21H34/c1-4-7-9-11-13-19-15-17-21(18-16-19)20(12-6-3)14-10-8-5-2/h11,13,15-18,20H,4-10,12,14H2,1-3H3. The Morgan fingerprint density at radius 3 is 2.14 bits per heavy atom. The Morgan fingerprint density at radius 1 is 0.810 bits per heavy atom. The summed E-state index contributed by atoms with van der Waals surface area (Å²) in [5.41, 5.74) is 2.89. The summed E-state index contributed by atoms with van der Waals surface area (Å²) >= 11 is 0. The van der Waals surface area contributed by atoms with Crippen molar-refractivity contribution in [3.63, 3.8) is 0 Å². The maximum absolute atomic E-state index is 2.35. The predicted molar refractivity (Wildman–Crippen MR) is 96.8 cm³/mol. The molecule has 0 saturated heterocycles. The molecule has 0 aliphatic rings. The van der Waals surface area contributed by atoms with Gasteiger partial charge < -0.3 is 0 Å². The van der Waals surface area contributed by atoms with Crippen molar-refractivity contribution in [1.82, 2.24) is 0 Å². The minimum Gasteiger partial charge on any atom is -0.0839 e. The molecule has 0 N–H and O–H groups in total. The van der Waals surface area contributed by atoms with Gasteiger partial charge >= 0.3 is 0 Å². The molecule has 0 amide bonds. The van der Waals surface area contributed by atoms with Crippen LogP contribution in [0.2, 0.25) is 0 Å². The molecule has 1 rings (SSSR count). The van der Waals surface area contributed by atoms with E-state index in [1.165, 1.54) is 63.4 Å². The van der Waals surface area contributed by atoms with Crippen LogP contribution in [0.3, 0.4) is 0 Å². The highest BCUT2D eigenvalue weighted by molar-refractivity contribution is 5.49. The fourth-order valence-corrected chi connectivity index (χ4v) is 2.89. The van der Waals surface area contributed by atoms with Gasteiger partial charge in [-0.1, -0.05) is 95.7 Å². The van der Waals surface area contributed by atoms with Crippen LogP contribution >= 0.6 is 0 Å². The Kier molecular flexibility index (Phi) is 9.95. The molecule has 0 heteroatoms. The molecular formula is C21H34. The van der Waals surface area contributed by atoms with E-state index in [9.17, 15) is 0 Å². The predicted octanol–water partition coefficient (Wildman–Crippen LogP) is 7.35. The third-order valence-corrected chi connectivity index (χ3v) is 4.24.